The molecule has 152 valence electrons. The highest BCUT2D eigenvalue weighted by atomic mass is 16.7. The van der Waals surface area contributed by atoms with E-state index in [0.29, 0.717) is 17.7 Å². The standard InChI is InChI=1S/C22H26N4O3/c1-13-9-17(24(2)23-13)22(27)26-11-16(15-3-4-18-19(10-15)29-12-28-18)21-20(26)14-5-7-25(21)8-6-14/h3-4,9-10,14,16,20-21H,5-8,11-12H2,1-2H3/t16-,20+,21+/m0/s1. The van der Waals surface area contributed by atoms with E-state index in [1.54, 1.807) is 4.68 Å². The van der Waals surface area contributed by atoms with Crippen LogP contribution in [0.15, 0.2) is 24.3 Å². The molecule has 7 rings (SSSR count). The number of carbonyl (C=O) groups excluding carboxylic acids is 1. The lowest BCUT2D eigenvalue weighted by Gasteiger charge is -2.51. The first-order valence-electron chi connectivity index (χ1n) is 10.6. The summed E-state index contributed by atoms with van der Waals surface area (Å²) in [7, 11) is 1.86. The van der Waals surface area contributed by atoms with Gasteiger partial charge in [0.2, 0.25) is 6.79 Å². The highest BCUT2D eigenvalue weighted by Crippen LogP contribution is 2.48. The molecule has 2 aromatic rings. The minimum atomic E-state index is 0.111. The van der Waals surface area contributed by atoms with E-state index in [1.807, 2.05) is 26.1 Å². The molecule has 4 fully saturated rings. The van der Waals surface area contributed by atoms with Gasteiger partial charge in [-0.3, -0.25) is 14.4 Å². The fraction of sp³-hybridized carbons (Fsp3) is 0.545. The summed E-state index contributed by atoms with van der Waals surface area (Å²) in [5, 5.41) is 4.40. The van der Waals surface area contributed by atoms with Gasteiger partial charge in [-0.15, -0.1) is 0 Å². The van der Waals surface area contributed by atoms with Crippen LogP contribution in [-0.2, 0) is 7.05 Å². The number of ether oxygens (including phenoxy) is 2. The van der Waals surface area contributed by atoms with Crippen LogP contribution in [0.3, 0.4) is 0 Å². The number of hydrogen-bond acceptors (Lipinski definition) is 5. The van der Waals surface area contributed by atoms with Gasteiger partial charge >= 0.3 is 0 Å². The van der Waals surface area contributed by atoms with Gasteiger partial charge in [-0.1, -0.05) is 6.07 Å². The zero-order valence-corrected chi connectivity index (χ0v) is 16.9. The third kappa shape index (κ3) is 2.53. The minimum absolute atomic E-state index is 0.111. The average Bonchev–Trinajstić information content (AvgIpc) is 3.44. The van der Waals surface area contributed by atoms with Crippen LogP contribution >= 0.6 is 0 Å². The van der Waals surface area contributed by atoms with Crippen molar-refractivity contribution in [2.75, 3.05) is 26.4 Å². The van der Waals surface area contributed by atoms with Crippen LogP contribution in [0.1, 0.15) is 40.5 Å². The Morgan fingerprint density at radius 3 is 2.66 bits per heavy atom. The van der Waals surface area contributed by atoms with Crippen molar-refractivity contribution in [1.29, 1.82) is 0 Å². The second-order valence-electron chi connectivity index (χ2n) is 8.83. The molecule has 0 saturated carbocycles. The summed E-state index contributed by atoms with van der Waals surface area (Å²) in [4.78, 5) is 18.3. The predicted octanol–water partition coefficient (Wildman–Crippen LogP) is 2.16. The van der Waals surface area contributed by atoms with E-state index in [9.17, 15) is 4.79 Å². The molecule has 7 heteroatoms. The smallest absolute Gasteiger partial charge is 0.272 e. The fourth-order valence-corrected chi connectivity index (χ4v) is 6.05. The Morgan fingerprint density at radius 1 is 1.10 bits per heavy atom. The van der Waals surface area contributed by atoms with Crippen molar-refractivity contribution < 1.29 is 14.3 Å². The summed E-state index contributed by atoms with van der Waals surface area (Å²) in [5.41, 5.74) is 2.81. The molecule has 1 aromatic carbocycles. The van der Waals surface area contributed by atoms with Gasteiger partial charge in [0.25, 0.3) is 5.91 Å². The fourth-order valence-electron chi connectivity index (χ4n) is 6.05. The van der Waals surface area contributed by atoms with Crippen molar-refractivity contribution in [2.45, 2.75) is 37.8 Å². The molecule has 5 aliphatic heterocycles. The van der Waals surface area contributed by atoms with E-state index in [1.165, 1.54) is 18.4 Å². The Kier molecular flexibility index (Phi) is 3.72. The third-order valence-corrected chi connectivity index (χ3v) is 7.30. The summed E-state index contributed by atoms with van der Waals surface area (Å²) in [6.45, 7) is 5.24. The van der Waals surface area contributed by atoms with Crippen molar-refractivity contribution in [3.63, 3.8) is 0 Å². The maximum Gasteiger partial charge on any atom is 0.272 e. The topological polar surface area (TPSA) is 59.8 Å². The molecule has 5 aliphatic rings. The van der Waals surface area contributed by atoms with E-state index < -0.39 is 0 Å². The maximum absolute atomic E-state index is 13.6. The van der Waals surface area contributed by atoms with Gasteiger partial charge < -0.3 is 14.4 Å². The van der Waals surface area contributed by atoms with Crippen LogP contribution in [0.25, 0.3) is 0 Å². The third-order valence-electron chi connectivity index (χ3n) is 7.30. The Balaban J connectivity index is 1.39. The normalized spacial score (nSPS) is 31.9. The molecule has 0 aliphatic carbocycles. The van der Waals surface area contributed by atoms with Crippen molar-refractivity contribution in [1.82, 2.24) is 19.6 Å². The number of rotatable bonds is 2. The number of fused-ring (bicyclic) bond motifs is 3. The van der Waals surface area contributed by atoms with Gasteiger partial charge in [0.05, 0.1) is 11.7 Å². The van der Waals surface area contributed by atoms with Gasteiger partial charge in [-0.05, 0) is 62.5 Å². The Hall–Kier alpha value is -2.54. The SMILES string of the molecule is Cc1cc(C(=O)N2C[C@@H](c3ccc4c(c3)OCO4)[C@@H]3[C@H]2C2CCN3CC2)n(C)n1. The summed E-state index contributed by atoms with van der Waals surface area (Å²) in [6, 6.07) is 8.85. The molecule has 2 bridgehead atoms. The number of amides is 1. The van der Waals surface area contributed by atoms with Gasteiger partial charge in [-0.25, -0.2) is 0 Å². The highest BCUT2D eigenvalue weighted by molar-refractivity contribution is 5.93. The second kappa shape index (κ2) is 6.23. The largest absolute Gasteiger partial charge is 0.454 e. The number of aryl methyl sites for hydroxylation is 2. The van der Waals surface area contributed by atoms with Gasteiger partial charge in [0, 0.05) is 25.6 Å². The quantitative estimate of drug-likeness (QED) is 0.781. The van der Waals surface area contributed by atoms with Gasteiger partial charge in [0.15, 0.2) is 11.5 Å². The molecular weight excluding hydrogens is 368 g/mol. The van der Waals surface area contributed by atoms with E-state index >= 15 is 0 Å². The zero-order chi connectivity index (χ0) is 19.7. The summed E-state index contributed by atoms with van der Waals surface area (Å²) in [6.07, 6.45) is 2.37. The van der Waals surface area contributed by atoms with Crippen LogP contribution < -0.4 is 9.47 Å². The van der Waals surface area contributed by atoms with E-state index in [4.69, 9.17) is 9.47 Å². The van der Waals surface area contributed by atoms with Crippen LogP contribution in [-0.4, -0.2) is 64.0 Å². The number of nitrogens with zero attached hydrogens (tertiary/aromatic N) is 4. The monoisotopic (exact) mass is 394 g/mol. The molecule has 1 amide bonds. The first kappa shape index (κ1) is 17.3. The van der Waals surface area contributed by atoms with Gasteiger partial charge in [0.1, 0.15) is 5.69 Å². The zero-order valence-electron chi connectivity index (χ0n) is 16.9. The molecular formula is C22H26N4O3. The highest BCUT2D eigenvalue weighted by Gasteiger charge is 2.55. The number of aromatic nitrogens is 2. The van der Waals surface area contributed by atoms with Crippen LogP contribution in [0.2, 0.25) is 0 Å². The number of carbonyl (C=O) groups is 1. The van der Waals surface area contributed by atoms with E-state index in [2.05, 4.69) is 27.0 Å². The van der Waals surface area contributed by atoms with Crippen LogP contribution in [0, 0.1) is 12.8 Å². The Bertz CT molecular complexity index is 978. The van der Waals surface area contributed by atoms with Crippen LogP contribution in [0.4, 0.5) is 0 Å². The lowest BCUT2D eigenvalue weighted by molar-refractivity contribution is -0.00373. The minimum Gasteiger partial charge on any atom is -0.454 e. The summed E-state index contributed by atoms with van der Waals surface area (Å²) >= 11 is 0. The van der Waals surface area contributed by atoms with Crippen molar-refractivity contribution in [3.05, 3.63) is 41.2 Å². The van der Waals surface area contributed by atoms with E-state index in [-0.39, 0.29) is 24.7 Å². The lowest BCUT2D eigenvalue weighted by atomic mass is 9.75. The van der Waals surface area contributed by atoms with E-state index in [0.717, 1.165) is 36.8 Å². The number of likely N-dealkylation sites (tertiary alicyclic amines) is 1. The van der Waals surface area contributed by atoms with Gasteiger partial charge in [-0.2, -0.15) is 5.10 Å². The average molecular weight is 394 g/mol. The Morgan fingerprint density at radius 2 is 1.90 bits per heavy atom. The van der Waals surface area contributed by atoms with Crippen molar-refractivity contribution >= 4 is 5.91 Å². The molecule has 0 N–H and O–H groups in total. The molecule has 0 spiro atoms. The maximum atomic E-state index is 13.6. The second-order valence-corrected chi connectivity index (χ2v) is 8.83. The Labute approximate surface area is 170 Å². The van der Waals surface area contributed by atoms with Crippen molar-refractivity contribution in [3.8, 4) is 11.5 Å². The van der Waals surface area contributed by atoms with Crippen LogP contribution in [0.5, 0.6) is 11.5 Å². The summed E-state index contributed by atoms with van der Waals surface area (Å²) in [5.74, 6) is 2.62. The molecule has 7 nitrogen and oxygen atoms in total. The lowest BCUT2D eigenvalue weighted by Crippen LogP contribution is -2.60. The molecule has 0 unspecified atom stereocenters. The molecule has 1 aromatic heterocycles. The first-order chi connectivity index (χ1) is 14.1. The number of benzene rings is 1. The molecule has 0 radical (unpaired) electrons. The number of piperidine rings is 3. The molecule has 3 atom stereocenters. The van der Waals surface area contributed by atoms with Crippen molar-refractivity contribution in [2.24, 2.45) is 13.0 Å². The molecule has 4 saturated heterocycles. The molecule has 6 heterocycles. The number of hydrogen-bond donors (Lipinski definition) is 0. The predicted molar refractivity (Wildman–Crippen MR) is 106 cm³/mol. The summed E-state index contributed by atoms with van der Waals surface area (Å²) < 4.78 is 12.9. The molecule has 29 heavy (non-hydrogen) atoms. The first-order valence-corrected chi connectivity index (χ1v) is 10.6.